The van der Waals surface area contributed by atoms with Crippen LogP contribution in [0.5, 0.6) is 0 Å². The molecule has 352 valence electrons. The molecule has 2 aliphatic heterocycles. The van der Waals surface area contributed by atoms with Crippen molar-refractivity contribution in [1.82, 2.24) is 0 Å². The van der Waals surface area contributed by atoms with Crippen molar-refractivity contribution >= 4 is 95.0 Å². The molecule has 8 aromatic carbocycles. The summed E-state index contributed by atoms with van der Waals surface area (Å²) in [6, 6.07) is 68.8. The second-order valence-corrected chi connectivity index (χ2v) is 24.7. The van der Waals surface area contributed by atoms with Gasteiger partial charge in [0.25, 0.3) is 6.71 Å². The Hall–Kier alpha value is -6.82. The first-order valence-electron chi connectivity index (χ1n) is 25.7. The van der Waals surface area contributed by atoms with Gasteiger partial charge in [0, 0.05) is 50.1 Å². The van der Waals surface area contributed by atoms with Crippen LogP contribution < -0.4 is 31.1 Å². The monoisotopic (exact) mass is 941 g/mol. The smallest absolute Gasteiger partial charge is 0.254 e. The number of rotatable bonds is 6. The highest BCUT2D eigenvalue weighted by Gasteiger charge is 2.47. The zero-order valence-corrected chi connectivity index (χ0v) is 43.9. The number of hydrogen-bond acceptors (Lipinski definition) is 4. The summed E-state index contributed by atoms with van der Waals surface area (Å²) >= 11 is 1.99. The van der Waals surface area contributed by atoms with E-state index in [1.165, 1.54) is 100 Å². The Morgan fingerprint density at radius 2 is 1.03 bits per heavy atom. The predicted molar refractivity (Wildman–Crippen MR) is 309 cm³/mol. The van der Waals surface area contributed by atoms with Crippen LogP contribution in [0.15, 0.2) is 182 Å². The van der Waals surface area contributed by atoms with Crippen LogP contribution >= 0.6 is 11.3 Å². The fourth-order valence-corrected chi connectivity index (χ4v) is 13.2. The molecule has 0 bridgehead atoms. The Labute approximate surface area is 426 Å². The summed E-state index contributed by atoms with van der Waals surface area (Å²) in [5.41, 5.74) is 21.6. The highest BCUT2D eigenvalue weighted by Crippen LogP contribution is 2.54. The molecule has 1 aliphatic carbocycles. The van der Waals surface area contributed by atoms with Gasteiger partial charge in [0.15, 0.2) is 0 Å². The molecule has 3 heterocycles. The Kier molecular flexibility index (Phi) is 10.4. The first-order chi connectivity index (χ1) is 34.0. The average Bonchev–Trinajstić information content (AvgIpc) is 3.74. The van der Waals surface area contributed by atoms with Crippen molar-refractivity contribution in [3.8, 4) is 11.1 Å². The molecule has 0 saturated carbocycles. The van der Waals surface area contributed by atoms with E-state index >= 15 is 0 Å². The van der Waals surface area contributed by atoms with Gasteiger partial charge in [-0.2, -0.15) is 0 Å². The van der Waals surface area contributed by atoms with E-state index in [1.54, 1.807) is 0 Å². The Morgan fingerprint density at radius 3 is 1.63 bits per heavy atom. The minimum atomic E-state index is -0.139. The Morgan fingerprint density at radius 1 is 0.479 bits per heavy atom. The van der Waals surface area contributed by atoms with Gasteiger partial charge >= 0.3 is 0 Å². The second-order valence-electron chi connectivity index (χ2n) is 23.7. The zero-order chi connectivity index (χ0) is 49.2. The maximum Gasteiger partial charge on any atom is 0.254 e. The molecular formula is C66H64BN3S. The van der Waals surface area contributed by atoms with Crippen molar-refractivity contribution in [2.24, 2.45) is 0 Å². The molecule has 3 aliphatic rings. The number of hydrogen-bond donors (Lipinski definition) is 0. The molecule has 0 N–H and O–H groups in total. The van der Waals surface area contributed by atoms with Gasteiger partial charge in [0.05, 0.1) is 10.7 Å². The van der Waals surface area contributed by atoms with Crippen LogP contribution in [-0.2, 0) is 21.7 Å². The van der Waals surface area contributed by atoms with Crippen LogP contribution in [0.4, 0.5) is 50.5 Å². The first kappa shape index (κ1) is 45.3. The molecule has 0 spiro atoms. The summed E-state index contributed by atoms with van der Waals surface area (Å²) in [6.45, 7) is 23.9. The SMILES string of the molecule is CC(C)(C)c1ccc(N2c3cc(C(C)(C)C)cc4c3B(c3ccccc3N4c3ccc(N(c4ccccc4)c4ccccc4)cc3-c3ccccc3)c3c2sc2cc4c(cc32)C(C)(C)CCC4(C)C)cc1. The predicted octanol–water partition coefficient (Wildman–Crippen LogP) is 17.1. The van der Waals surface area contributed by atoms with Crippen LogP contribution in [0.1, 0.15) is 104 Å². The van der Waals surface area contributed by atoms with E-state index in [2.05, 4.69) is 266 Å². The van der Waals surface area contributed by atoms with Crippen molar-refractivity contribution in [1.29, 1.82) is 0 Å². The fraction of sp³-hybridized carbons (Fsp3) is 0.242. The van der Waals surface area contributed by atoms with Crippen LogP contribution in [0.25, 0.3) is 21.2 Å². The molecule has 1 aromatic heterocycles. The summed E-state index contributed by atoms with van der Waals surface area (Å²) in [4.78, 5) is 7.65. The molecule has 5 heteroatoms. The van der Waals surface area contributed by atoms with E-state index in [9.17, 15) is 0 Å². The van der Waals surface area contributed by atoms with Crippen LogP contribution in [0.3, 0.4) is 0 Å². The average molecular weight is 942 g/mol. The first-order valence-corrected chi connectivity index (χ1v) is 26.5. The lowest BCUT2D eigenvalue weighted by Gasteiger charge is -2.45. The number of thiophene rings is 1. The number of nitrogens with zero attached hydrogens (tertiary/aromatic N) is 3. The van der Waals surface area contributed by atoms with Crippen LogP contribution in [-0.4, -0.2) is 6.71 Å². The zero-order valence-electron chi connectivity index (χ0n) is 43.1. The van der Waals surface area contributed by atoms with Crippen molar-refractivity contribution in [3.05, 3.63) is 204 Å². The normalized spacial score (nSPS) is 15.5. The second kappa shape index (κ2) is 16.4. The van der Waals surface area contributed by atoms with Gasteiger partial charge in [-0.05, 0) is 169 Å². The van der Waals surface area contributed by atoms with Gasteiger partial charge in [0.2, 0.25) is 0 Å². The largest absolute Gasteiger partial charge is 0.311 e. The maximum absolute atomic E-state index is 2.65. The quantitative estimate of drug-likeness (QED) is 0.154. The lowest BCUT2D eigenvalue weighted by molar-refractivity contribution is 0.332. The van der Waals surface area contributed by atoms with Gasteiger partial charge in [-0.15, -0.1) is 11.3 Å². The molecule has 9 aromatic rings. The number of anilines is 9. The molecular weight excluding hydrogens is 878 g/mol. The minimum absolute atomic E-state index is 0.0131. The van der Waals surface area contributed by atoms with E-state index < -0.39 is 0 Å². The summed E-state index contributed by atoms with van der Waals surface area (Å²) in [5, 5.41) is 2.72. The van der Waals surface area contributed by atoms with Crippen LogP contribution in [0, 0.1) is 0 Å². The van der Waals surface area contributed by atoms with E-state index in [-0.39, 0.29) is 28.4 Å². The molecule has 0 amide bonds. The topological polar surface area (TPSA) is 9.72 Å². The highest BCUT2D eigenvalue weighted by atomic mass is 32.1. The summed E-state index contributed by atoms with van der Waals surface area (Å²) < 4.78 is 1.38. The van der Waals surface area contributed by atoms with Crippen molar-refractivity contribution in [3.63, 3.8) is 0 Å². The summed E-state index contributed by atoms with van der Waals surface area (Å²) in [5.74, 6) is 0. The fourth-order valence-electron chi connectivity index (χ4n) is 11.9. The van der Waals surface area contributed by atoms with E-state index in [4.69, 9.17) is 0 Å². The van der Waals surface area contributed by atoms with Gasteiger partial charge in [-0.3, -0.25) is 0 Å². The summed E-state index contributed by atoms with van der Waals surface area (Å²) in [7, 11) is 0. The number of fused-ring (bicyclic) bond motifs is 7. The highest BCUT2D eigenvalue weighted by molar-refractivity contribution is 7.26. The Bertz CT molecular complexity index is 3460. The minimum Gasteiger partial charge on any atom is -0.311 e. The number of benzene rings is 8. The van der Waals surface area contributed by atoms with E-state index in [0.717, 1.165) is 22.7 Å². The van der Waals surface area contributed by atoms with Crippen molar-refractivity contribution in [2.45, 2.75) is 104 Å². The lowest BCUT2D eigenvalue weighted by Crippen LogP contribution is -2.61. The van der Waals surface area contributed by atoms with Gasteiger partial charge < -0.3 is 14.7 Å². The van der Waals surface area contributed by atoms with E-state index in [0.29, 0.717) is 0 Å². The summed E-state index contributed by atoms with van der Waals surface area (Å²) in [6.07, 6.45) is 2.37. The third-order valence-corrected chi connectivity index (χ3v) is 17.2. The molecule has 71 heavy (non-hydrogen) atoms. The van der Waals surface area contributed by atoms with Crippen molar-refractivity contribution in [2.75, 3.05) is 14.7 Å². The maximum atomic E-state index is 2.65. The molecule has 12 rings (SSSR count). The molecule has 0 saturated heterocycles. The van der Waals surface area contributed by atoms with Gasteiger partial charge in [0.1, 0.15) is 0 Å². The number of para-hydroxylation sites is 3. The van der Waals surface area contributed by atoms with Gasteiger partial charge in [-0.1, -0.05) is 166 Å². The Balaban J connectivity index is 1.17. The molecule has 0 radical (unpaired) electrons. The molecule has 0 unspecified atom stereocenters. The third kappa shape index (κ3) is 7.45. The molecule has 0 fully saturated rings. The third-order valence-electron chi connectivity index (χ3n) is 16.0. The molecule has 3 nitrogen and oxygen atoms in total. The van der Waals surface area contributed by atoms with E-state index in [1.807, 2.05) is 11.3 Å². The lowest BCUT2D eigenvalue weighted by atomic mass is 9.33. The van der Waals surface area contributed by atoms with Crippen LogP contribution in [0.2, 0.25) is 0 Å². The molecule has 0 atom stereocenters. The van der Waals surface area contributed by atoms with Crippen molar-refractivity contribution < 1.29 is 0 Å². The standard InChI is InChI=1S/C66H64BN3S/c1-63(2,3)44-30-32-48(33-31-44)69-57-38-45(64(4,5)6)39-58-61(57)67(60-51-41-52-53(42-59(51)71-62(60)69)66(9,10)37-36-65(52,7)8)54-28-20-21-29-56(54)70(58)55-35-34-49(40-50(55)43-22-14-11-15-23-43)68(46-24-16-12-17-25-46)47-26-18-13-19-27-47/h11-35,38-42H,36-37H2,1-10H3. The van der Waals surface area contributed by atoms with Gasteiger partial charge in [-0.25, -0.2) is 0 Å².